The third-order valence-corrected chi connectivity index (χ3v) is 3.20. The Morgan fingerprint density at radius 2 is 2.00 bits per heavy atom. The van der Waals surface area contributed by atoms with E-state index in [1.165, 1.54) is 32.1 Å². The first-order valence-corrected chi connectivity index (χ1v) is 4.94. The van der Waals surface area contributed by atoms with E-state index < -0.39 is 0 Å². The van der Waals surface area contributed by atoms with E-state index in [-0.39, 0.29) is 11.5 Å². The summed E-state index contributed by atoms with van der Waals surface area (Å²) < 4.78 is 5.75. The zero-order valence-corrected chi connectivity index (χ0v) is 7.42. The van der Waals surface area contributed by atoms with Crippen LogP contribution >= 0.6 is 0 Å². The lowest BCUT2D eigenvalue weighted by atomic mass is 9.81. The molecule has 0 N–H and O–H groups in total. The summed E-state index contributed by atoms with van der Waals surface area (Å²) in [6.07, 6.45) is 8.31. The minimum absolute atomic E-state index is 0.115. The van der Waals surface area contributed by atoms with Crippen molar-refractivity contribution in [3.05, 3.63) is 0 Å². The molecule has 1 aliphatic carbocycles. The zero-order chi connectivity index (χ0) is 8.44. The molecule has 0 aromatic carbocycles. The fraction of sp³-hybridized carbons (Fsp3) is 0.900. The van der Waals surface area contributed by atoms with E-state index in [0.29, 0.717) is 6.61 Å². The summed E-state index contributed by atoms with van der Waals surface area (Å²) in [6, 6.07) is 0. The van der Waals surface area contributed by atoms with Crippen LogP contribution in [0.25, 0.3) is 0 Å². The van der Waals surface area contributed by atoms with E-state index in [4.69, 9.17) is 4.74 Å². The second-order valence-electron chi connectivity index (χ2n) is 4.15. The SMILES string of the molecule is O=C[C@H]1COC2(CCCCC2)C1. The summed E-state index contributed by atoms with van der Waals surface area (Å²) in [4.78, 5) is 10.6. The number of carbonyl (C=O) groups excluding carboxylic acids is 1. The molecule has 68 valence electrons. The van der Waals surface area contributed by atoms with Gasteiger partial charge < -0.3 is 9.53 Å². The van der Waals surface area contributed by atoms with Gasteiger partial charge in [-0.3, -0.25) is 0 Å². The van der Waals surface area contributed by atoms with E-state index in [2.05, 4.69) is 0 Å². The van der Waals surface area contributed by atoms with Crippen molar-refractivity contribution in [3.63, 3.8) is 0 Å². The average Bonchev–Trinajstić information content (AvgIpc) is 2.50. The van der Waals surface area contributed by atoms with Gasteiger partial charge in [-0.05, 0) is 19.3 Å². The molecule has 12 heavy (non-hydrogen) atoms. The number of hydrogen-bond donors (Lipinski definition) is 0. The third kappa shape index (κ3) is 1.40. The van der Waals surface area contributed by atoms with Gasteiger partial charge in [0.15, 0.2) is 0 Å². The van der Waals surface area contributed by atoms with Crippen molar-refractivity contribution in [2.45, 2.75) is 44.1 Å². The summed E-state index contributed by atoms with van der Waals surface area (Å²) >= 11 is 0. The Kier molecular flexibility index (Phi) is 2.18. The van der Waals surface area contributed by atoms with Crippen molar-refractivity contribution in [2.24, 2.45) is 5.92 Å². The van der Waals surface area contributed by atoms with Gasteiger partial charge >= 0.3 is 0 Å². The summed E-state index contributed by atoms with van der Waals surface area (Å²) in [5.41, 5.74) is 0.115. The highest BCUT2D eigenvalue weighted by Gasteiger charge is 2.40. The van der Waals surface area contributed by atoms with Crippen molar-refractivity contribution in [3.8, 4) is 0 Å². The summed E-state index contributed by atoms with van der Waals surface area (Å²) in [5, 5.41) is 0. The van der Waals surface area contributed by atoms with Gasteiger partial charge in [-0.2, -0.15) is 0 Å². The van der Waals surface area contributed by atoms with Crippen LogP contribution < -0.4 is 0 Å². The fourth-order valence-electron chi connectivity index (χ4n) is 2.51. The van der Waals surface area contributed by atoms with Crippen LogP contribution in [0.3, 0.4) is 0 Å². The third-order valence-electron chi connectivity index (χ3n) is 3.20. The highest BCUT2D eigenvalue weighted by atomic mass is 16.5. The predicted octanol–water partition coefficient (Wildman–Crippen LogP) is 1.92. The molecule has 1 atom stereocenters. The number of hydrogen-bond acceptors (Lipinski definition) is 2. The van der Waals surface area contributed by atoms with Crippen molar-refractivity contribution in [1.82, 2.24) is 0 Å². The van der Waals surface area contributed by atoms with E-state index in [0.717, 1.165) is 12.7 Å². The minimum Gasteiger partial charge on any atom is -0.374 e. The van der Waals surface area contributed by atoms with Gasteiger partial charge in [0.1, 0.15) is 6.29 Å². The number of aldehydes is 1. The van der Waals surface area contributed by atoms with Gasteiger partial charge in [-0.15, -0.1) is 0 Å². The van der Waals surface area contributed by atoms with Crippen LogP contribution in [0.4, 0.5) is 0 Å². The van der Waals surface area contributed by atoms with Crippen molar-refractivity contribution >= 4 is 6.29 Å². The fourth-order valence-corrected chi connectivity index (χ4v) is 2.51. The van der Waals surface area contributed by atoms with E-state index in [1.807, 2.05) is 0 Å². The van der Waals surface area contributed by atoms with Crippen LogP contribution in [0.5, 0.6) is 0 Å². The minimum atomic E-state index is 0.115. The second kappa shape index (κ2) is 3.17. The van der Waals surface area contributed by atoms with Gasteiger partial charge in [0.2, 0.25) is 0 Å². The molecule has 1 aliphatic heterocycles. The first-order valence-electron chi connectivity index (χ1n) is 4.94. The van der Waals surface area contributed by atoms with Gasteiger partial charge in [-0.1, -0.05) is 19.3 Å². The van der Waals surface area contributed by atoms with E-state index in [9.17, 15) is 4.79 Å². The Morgan fingerprint density at radius 3 is 2.58 bits per heavy atom. The Hall–Kier alpha value is -0.370. The Bertz CT molecular complexity index is 171. The molecular weight excluding hydrogens is 152 g/mol. The smallest absolute Gasteiger partial charge is 0.125 e. The van der Waals surface area contributed by atoms with Gasteiger partial charge in [0.25, 0.3) is 0 Å². The summed E-state index contributed by atoms with van der Waals surface area (Å²) in [6.45, 7) is 0.670. The highest BCUT2D eigenvalue weighted by Crippen LogP contribution is 2.40. The Labute approximate surface area is 73.3 Å². The molecule has 1 saturated heterocycles. The molecule has 0 unspecified atom stereocenters. The van der Waals surface area contributed by atoms with Crippen molar-refractivity contribution in [2.75, 3.05) is 6.61 Å². The Balaban J connectivity index is 1.98. The topological polar surface area (TPSA) is 26.3 Å². The molecule has 2 fully saturated rings. The van der Waals surface area contributed by atoms with E-state index >= 15 is 0 Å². The van der Waals surface area contributed by atoms with Crippen molar-refractivity contribution < 1.29 is 9.53 Å². The van der Waals surface area contributed by atoms with Gasteiger partial charge in [-0.25, -0.2) is 0 Å². The summed E-state index contributed by atoms with van der Waals surface area (Å²) in [7, 11) is 0. The number of ether oxygens (including phenoxy) is 1. The Morgan fingerprint density at radius 1 is 1.25 bits per heavy atom. The molecular formula is C10H16O2. The average molecular weight is 168 g/mol. The largest absolute Gasteiger partial charge is 0.374 e. The lowest BCUT2D eigenvalue weighted by molar-refractivity contribution is -0.111. The zero-order valence-electron chi connectivity index (χ0n) is 7.42. The molecule has 0 aromatic heterocycles. The maximum absolute atomic E-state index is 10.6. The second-order valence-corrected chi connectivity index (χ2v) is 4.15. The normalized spacial score (nSPS) is 33.8. The molecule has 2 heteroatoms. The van der Waals surface area contributed by atoms with Gasteiger partial charge in [0.05, 0.1) is 12.2 Å². The van der Waals surface area contributed by atoms with Crippen LogP contribution in [0.2, 0.25) is 0 Å². The highest BCUT2D eigenvalue weighted by molar-refractivity contribution is 5.54. The molecule has 1 spiro atoms. The van der Waals surface area contributed by atoms with Crippen molar-refractivity contribution in [1.29, 1.82) is 0 Å². The predicted molar refractivity (Wildman–Crippen MR) is 45.9 cm³/mol. The number of carbonyl (C=O) groups is 1. The molecule has 2 nitrogen and oxygen atoms in total. The first-order chi connectivity index (χ1) is 5.85. The molecule has 2 rings (SSSR count). The van der Waals surface area contributed by atoms with Crippen LogP contribution in [-0.4, -0.2) is 18.5 Å². The maximum Gasteiger partial charge on any atom is 0.125 e. The monoisotopic (exact) mass is 168 g/mol. The maximum atomic E-state index is 10.6. The lowest BCUT2D eigenvalue weighted by Gasteiger charge is -2.32. The molecule has 2 aliphatic rings. The first kappa shape index (κ1) is 8.24. The standard InChI is InChI=1S/C10H16O2/c11-7-9-6-10(12-8-9)4-2-1-3-5-10/h7,9H,1-6,8H2/t9-/m0/s1. The molecule has 0 radical (unpaired) electrons. The lowest BCUT2D eigenvalue weighted by Crippen LogP contribution is -2.30. The molecule has 1 heterocycles. The van der Waals surface area contributed by atoms with Gasteiger partial charge in [0, 0.05) is 5.92 Å². The van der Waals surface area contributed by atoms with E-state index in [1.54, 1.807) is 0 Å². The van der Waals surface area contributed by atoms with Crippen LogP contribution in [0.15, 0.2) is 0 Å². The molecule has 0 amide bonds. The quantitative estimate of drug-likeness (QED) is 0.559. The number of rotatable bonds is 1. The van der Waals surface area contributed by atoms with Crippen LogP contribution in [-0.2, 0) is 9.53 Å². The molecule has 0 bridgehead atoms. The summed E-state index contributed by atoms with van der Waals surface area (Å²) in [5.74, 6) is 0.183. The molecule has 1 saturated carbocycles. The van der Waals surface area contributed by atoms with Crippen LogP contribution in [0.1, 0.15) is 38.5 Å². The molecule has 0 aromatic rings. The van der Waals surface area contributed by atoms with Crippen LogP contribution in [0, 0.1) is 5.92 Å².